The monoisotopic (exact) mass is 450 g/mol. The third-order valence-corrected chi connectivity index (χ3v) is 6.52. The van der Waals surface area contributed by atoms with Crippen molar-refractivity contribution in [2.75, 3.05) is 0 Å². The van der Waals surface area contributed by atoms with Gasteiger partial charge < -0.3 is 0 Å². The van der Waals surface area contributed by atoms with Gasteiger partial charge in [-0.1, -0.05) is 127 Å². The minimum absolute atomic E-state index is 0.236. The second-order valence-corrected chi connectivity index (χ2v) is 8.65. The fraction of sp³-hybridized carbons (Fsp3) is 0. The first-order valence-corrected chi connectivity index (χ1v) is 11.8. The zero-order valence-electron chi connectivity index (χ0n) is 19.2. The SMILES string of the molecule is Fc1ccc2c(-c3ccccc3)c(-c3ccccc3)c(-c3ccccc3)c(-c3ccccc3)c2c1. The highest BCUT2D eigenvalue weighted by Gasteiger charge is 2.23. The minimum Gasteiger partial charge on any atom is -0.207 e. The lowest BCUT2D eigenvalue weighted by Crippen LogP contribution is -1.97. The fourth-order valence-electron chi connectivity index (χ4n) is 5.06. The van der Waals surface area contributed by atoms with Crippen LogP contribution in [0.25, 0.3) is 55.3 Å². The summed E-state index contributed by atoms with van der Waals surface area (Å²) < 4.78 is 14.8. The first-order valence-electron chi connectivity index (χ1n) is 11.8. The van der Waals surface area contributed by atoms with Gasteiger partial charge in [0.1, 0.15) is 5.82 Å². The van der Waals surface area contributed by atoms with Gasteiger partial charge in [0, 0.05) is 0 Å². The minimum atomic E-state index is -0.236. The fourth-order valence-corrected chi connectivity index (χ4v) is 5.06. The van der Waals surface area contributed by atoms with Crippen molar-refractivity contribution in [3.8, 4) is 44.5 Å². The predicted molar refractivity (Wildman–Crippen MR) is 146 cm³/mol. The van der Waals surface area contributed by atoms with Gasteiger partial charge in [-0.15, -0.1) is 0 Å². The Kier molecular flexibility index (Phi) is 5.44. The molecule has 0 aromatic heterocycles. The second-order valence-electron chi connectivity index (χ2n) is 8.65. The lowest BCUT2D eigenvalue weighted by molar-refractivity contribution is 0.630. The van der Waals surface area contributed by atoms with Crippen LogP contribution in [0.15, 0.2) is 140 Å². The van der Waals surface area contributed by atoms with E-state index in [1.54, 1.807) is 12.1 Å². The second kappa shape index (κ2) is 9.04. The molecular weight excluding hydrogens is 427 g/mol. The Morgan fingerprint density at radius 3 is 1.06 bits per heavy atom. The summed E-state index contributed by atoms with van der Waals surface area (Å²) in [7, 11) is 0. The van der Waals surface area contributed by atoms with Gasteiger partial charge in [-0.05, 0) is 67.4 Å². The van der Waals surface area contributed by atoms with E-state index in [1.807, 2.05) is 42.5 Å². The quantitative estimate of drug-likeness (QED) is 0.251. The number of halogens is 1. The third-order valence-electron chi connectivity index (χ3n) is 6.52. The number of hydrogen-bond donors (Lipinski definition) is 0. The standard InChI is InChI=1S/C34H23F/c35-28-21-22-29-30(23-28)32(25-15-7-2-8-16-25)34(27-19-11-4-12-20-27)33(26-17-9-3-10-18-26)31(29)24-13-5-1-6-14-24/h1-23H. The number of benzene rings is 6. The van der Waals surface area contributed by atoms with E-state index < -0.39 is 0 Å². The molecule has 6 rings (SSSR count). The maximum absolute atomic E-state index is 14.8. The van der Waals surface area contributed by atoms with Crippen LogP contribution < -0.4 is 0 Å². The lowest BCUT2D eigenvalue weighted by atomic mass is 9.79. The zero-order chi connectivity index (χ0) is 23.6. The molecule has 6 aromatic carbocycles. The highest BCUT2D eigenvalue weighted by molar-refractivity contribution is 6.18. The highest BCUT2D eigenvalue weighted by Crippen LogP contribution is 2.50. The van der Waals surface area contributed by atoms with Crippen molar-refractivity contribution in [2.24, 2.45) is 0 Å². The van der Waals surface area contributed by atoms with Gasteiger partial charge in [-0.3, -0.25) is 0 Å². The molecule has 0 aliphatic heterocycles. The van der Waals surface area contributed by atoms with E-state index in [0.717, 1.165) is 55.3 Å². The Morgan fingerprint density at radius 1 is 0.314 bits per heavy atom. The summed E-state index contributed by atoms with van der Waals surface area (Å²) in [5.74, 6) is -0.236. The van der Waals surface area contributed by atoms with Crippen molar-refractivity contribution < 1.29 is 4.39 Å². The lowest BCUT2D eigenvalue weighted by Gasteiger charge is -2.24. The molecule has 0 bridgehead atoms. The smallest absolute Gasteiger partial charge is 0.123 e. The Hall–Kier alpha value is -4.49. The van der Waals surface area contributed by atoms with Crippen molar-refractivity contribution in [3.63, 3.8) is 0 Å². The molecule has 0 heterocycles. The maximum Gasteiger partial charge on any atom is 0.123 e. The van der Waals surface area contributed by atoms with Crippen LogP contribution in [-0.4, -0.2) is 0 Å². The normalized spacial score (nSPS) is 11.0. The molecule has 0 saturated heterocycles. The molecule has 0 fully saturated rings. The number of fused-ring (bicyclic) bond motifs is 1. The molecule has 0 amide bonds. The first kappa shape index (κ1) is 21.1. The van der Waals surface area contributed by atoms with E-state index in [2.05, 4.69) is 84.9 Å². The van der Waals surface area contributed by atoms with Crippen molar-refractivity contribution in [1.82, 2.24) is 0 Å². The predicted octanol–water partition coefficient (Wildman–Crippen LogP) is 9.65. The van der Waals surface area contributed by atoms with Crippen LogP contribution >= 0.6 is 0 Å². The summed E-state index contributed by atoms with van der Waals surface area (Å²) in [5.41, 5.74) is 8.84. The van der Waals surface area contributed by atoms with Crippen LogP contribution in [0.1, 0.15) is 0 Å². The summed E-state index contributed by atoms with van der Waals surface area (Å²) in [4.78, 5) is 0. The Morgan fingerprint density at radius 2 is 0.657 bits per heavy atom. The van der Waals surface area contributed by atoms with Gasteiger partial charge >= 0.3 is 0 Å². The summed E-state index contributed by atoms with van der Waals surface area (Å²) >= 11 is 0. The zero-order valence-corrected chi connectivity index (χ0v) is 19.2. The Labute approximate surface area is 205 Å². The Bertz CT molecular complexity index is 1600. The van der Waals surface area contributed by atoms with Crippen LogP contribution in [-0.2, 0) is 0 Å². The van der Waals surface area contributed by atoms with Crippen LogP contribution in [0, 0.1) is 5.82 Å². The molecule has 0 N–H and O–H groups in total. The summed E-state index contributed by atoms with van der Waals surface area (Å²) in [6.45, 7) is 0. The summed E-state index contributed by atoms with van der Waals surface area (Å²) in [5, 5.41) is 1.95. The average molecular weight is 451 g/mol. The average Bonchev–Trinajstić information content (AvgIpc) is 2.93. The van der Waals surface area contributed by atoms with E-state index in [-0.39, 0.29) is 5.82 Å². The maximum atomic E-state index is 14.8. The largest absolute Gasteiger partial charge is 0.207 e. The molecular formula is C34H23F. The van der Waals surface area contributed by atoms with Crippen molar-refractivity contribution in [1.29, 1.82) is 0 Å². The van der Waals surface area contributed by atoms with E-state index in [0.29, 0.717) is 0 Å². The van der Waals surface area contributed by atoms with Gasteiger partial charge in [-0.2, -0.15) is 0 Å². The molecule has 1 heteroatoms. The molecule has 0 radical (unpaired) electrons. The van der Waals surface area contributed by atoms with Gasteiger partial charge in [0.25, 0.3) is 0 Å². The number of rotatable bonds is 4. The molecule has 0 saturated carbocycles. The van der Waals surface area contributed by atoms with Crippen LogP contribution in [0.2, 0.25) is 0 Å². The Balaban J connectivity index is 1.91. The molecule has 0 aliphatic carbocycles. The summed E-state index contributed by atoms with van der Waals surface area (Å²) in [6, 6.07) is 47.0. The van der Waals surface area contributed by atoms with Crippen LogP contribution in [0.3, 0.4) is 0 Å². The third kappa shape index (κ3) is 3.82. The first-order chi connectivity index (χ1) is 17.3. The van der Waals surface area contributed by atoms with Gasteiger partial charge in [0.2, 0.25) is 0 Å². The van der Waals surface area contributed by atoms with Crippen LogP contribution in [0.4, 0.5) is 4.39 Å². The van der Waals surface area contributed by atoms with Crippen molar-refractivity contribution in [2.45, 2.75) is 0 Å². The molecule has 35 heavy (non-hydrogen) atoms. The molecule has 0 unspecified atom stereocenters. The van der Waals surface area contributed by atoms with E-state index >= 15 is 0 Å². The van der Waals surface area contributed by atoms with E-state index in [1.165, 1.54) is 0 Å². The van der Waals surface area contributed by atoms with Crippen molar-refractivity contribution >= 4 is 10.8 Å². The van der Waals surface area contributed by atoms with E-state index in [9.17, 15) is 4.39 Å². The van der Waals surface area contributed by atoms with Gasteiger partial charge in [0.05, 0.1) is 0 Å². The van der Waals surface area contributed by atoms with Crippen molar-refractivity contribution in [3.05, 3.63) is 145 Å². The van der Waals surface area contributed by atoms with Gasteiger partial charge in [0.15, 0.2) is 0 Å². The highest BCUT2D eigenvalue weighted by atomic mass is 19.1. The molecule has 0 atom stereocenters. The van der Waals surface area contributed by atoms with E-state index in [4.69, 9.17) is 0 Å². The topological polar surface area (TPSA) is 0 Å². The molecule has 0 nitrogen and oxygen atoms in total. The molecule has 0 spiro atoms. The summed E-state index contributed by atoms with van der Waals surface area (Å²) in [6.07, 6.45) is 0. The molecule has 166 valence electrons. The molecule has 6 aromatic rings. The number of hydrogen-bond acceptors (Lipinski definition) is 0. The van der Waals surface area contributed by atoms with Gasteiger partial charge in [-0.25, -0.2) is 4.39 Å². The molecule has 0 aliphatic rings. The van der Waals surface area contributed by atoms with Crippen LogP contribution in [0.5, 0.6) is 0 Å².